The van der Waals surface area contributed by atoms with Crippen LogP contribution in [0.5, 0.6) is 5.88 Å². The Morgan fingerprint density at radius 1 is 1.42 bits per heavy atom. The second-order valence-electron chi connectivity index (χ2n) is 5.09. The molecule has 0 radical (unpaired) electrons. The topological polar surface area (TPSA) is 42.4 Å². The summed E-state index contributed by atoms with van der Waals surface area (Å²) in [5.74, 6) is 0.827. The number of hydrogen-bond acceptors (Lipinski definition) is 3. The fourth-order valence-corrected chi connectivity index (χ4v) is 3.00. The summed E-state index contributed by atoms with van der Waals surface area (Å²) >= 11 is 0. The number of pyridine rings is 1. The van der Waals surface area contributed by atoms with Crippen LogP contribution < -0.4 is 4.74 Å². The van der Waals surface area contributed by atoms with Gasteiger partial charge in [-0.05, 0) is 24.8 Å². The third kappa shape index (κ3) is 2.27. The molecule has 1 aromatic heterocycles. The van der Waals surface area contributed by atoms with E-state index in [0.29, 0.717) is 11.8 Å². The molecule has 0 unspecified atom stereocenters. The average molecular weight is 268 g/mol. The number of rotatable bonds is 4. The van der Waals surface area contributed by atoms with E-state index >= 15 is 0 Å². The molecule has 1 aliphatic carbocycles. The van der Waals surface area contributed by atoms with Gasteiger partial charge in [0.2, 0.25) is 12.3 Å². The maximum atomic E-state index is 12.4. The van der Waals surface area contributed by atoms with E-state index < -0.39 is 6.43 Å². The van der Waals surface area contributed by atoms with Crippen LogP contribution in [-0.2, 0) is 4.79 Å². The van der Waals surface area contributed by atoms with Crippen molar-refractivity contribution in [1.82, 2.24) is 9.88 Å². The van der Waals surface area contributed by atoms with E-state index in [0.717, 1.165) is 32.0 Å². The van der Waals surface area contributed by atoms with Gasteiger partial charge < -0.3 is 9.64 Å². The zero-order valence-electron chi connectivity index (χ0n) is 10.2. The third-order valence-corrected chi connectivity index (χ3v) is 3.88. The van der Waals surface area contributed by atoms with Gasteiger partial charge in [-0.15, -0.1) is 0 Å². The number of hydrogen-bond donors (Lipinski definition) is 0. The molecule has 6 heteroatoms. The van der Waals surface area contributed by atoms with Gasteiger partial charge in [-0.2, -0.15) is 0 Å². The number of aromatic nitrogens is 1. The first kappa shape index (κ1) is 12.3. The Balaban J connectivity index is 1.67. The van der Waals surface area contributed by atoms with E-state index in [4.69, 9.17) is 4.74 Å². The molecule has 1 amide bonds. The smallest absolute Gasteiger partial charge is 0.265 e. The van der Waals surface area contributed by atoms with Crippen LogP contribution in [0.3, 0.4) is 0 Å². The maximum absolute atomic E-state index is 12.4. The van der Waals surface area contributed by atoms with Gasteiger partial charge in [-0.1, -0.05) is 0 Å². The fraction of sp³-hybridized carbons (Fsp3) is 0.538. The van der Waals surface area contributed by atoms with Crippen molar-refractivity contribution in [3.05, 3.63) is 23.9 Å². The van der Waals surface area contributed by atoms with Gasteiger partial charge in [0.25, 0.3) is 6.43 Å². The predicted molar refractivity (Wildman–Crippen MR) is 62.9 cm³/mol. The van der Waals surface area contributed by atoms with Gasteiger partial charge in [0.05, 0.1) is 6.04 Å². The van der Waals surface area contributed by atoms with E-state index in [2.05, 4.69) is 4.98 Å². The van der Waals surface area contributed by atoms with Crippen molar-refractivity contribution in [2.24, 2.45) is 5.92 Å². The van der Waals surface area contributed by atoms with Crippen molar-refractivity contribution in [2.75, 3.05) is 6.54 Å². The average Bonchev–Trinajstić information content (AvgIpc) is 2.98. The molecule has 1 saturated heterocycles. The Hall–Kier alpha value is -1.72. The lowest BCUT2D eigenvalue weighted by molar-refractivity contribution is -0.121. The molecule has 3 rings (SSSR count). The summed E-state index contributed by atoms with van der Waals surface area (Å²) in [6.45, 7) is 0.797. The molecule has 2 fully saturated rings. The van der Waals surface area contributed by atoms with E-state index in [9.17, 15) is 13.6 Å². The van der Waals surface area contributed by atoms with Crippen molar-refractivity contribution in [2.45, 2.75) is 31.4 Å². The molecule has 0 aromatic carbocycles. The third-order valence-electron chi connectivity index (χ3n) is 3.88. The zero-order valence-corrected chi connectivity index (χ0v) is 10.2. The first-order valence-corrected chi connectivity index (χ1v) is 6.29. The van der Waals surface area contributed by atoms with Gasteiger partial charge >= 0.3 is 0 Å². The number of halogens is 2. The number of piperidine rings is 1. The van der Waals surface area contributed by atoms with Crippen molar-refractivity contribution in [3.63, 3.8) is 0 Å². The SMILES string of the molecule is O=CN1C[C@H]2C[C@@H](Oc3ccc(C(F)F)cn3)[C@@H]1C2. The van der Waals surface area contributed by atoms with E-state index in [-0.39, 0.29) is 17.7 Å². The number of ether oxygens (including phenoxy) is 1. The molecule has 2 heterocycles. The van der Waals surface area contributed by atoms with Crippen molar-refractivity contribution in [3.8, 4) is 5.88 Å². The number of carbonyl (C=O) groups is 1. The number of amides is 1. The maximum Gasteiger partial charge on any atom is 0.265 e. The zero-order chi connectivity index (χ0) is 13.4. The molecule has 0 spiro atoms. The van der Waals surface area contributed by atoms with Crippen LogP contribution >= 0.6 is 0 Å². The Morgan fingerprint density at radius 3 is 2.84 bits per heavy atom. The second kappa shape index (κ2) is 4.75. The molecule has 2 aliphatic rings. The molecule has 0 N–H and O–H groups in total. The Morgan fingerprint density at radius 2 is 2.26 bits per heavy atom. The Labute approximate surface area is 109 Å². The fourth-order valence-electron chi connectivity index (χ4n) is 3.00. The summed E-state index contributed by atoms with van der Waals surface area (Å²) < 4.78 is 30.5. The van der Waals surface area contributed by atoms with Gasteiger partial charge in [0, 0.05) is 24.4 Å². The summed E-state index contributed by atoms with van der Waals surface area (Å²) in [5.41, 5.74) is -0.116. The molecule has 1 saturated carbocycles. The largest absolute Gasteiger partial charge is 0.472 e. The van der Waals surface area contributed by atoms with Crippen LogP contribution in [0.2, 0.25) is 0 Å². The number of alkyl halides is 2. The number of nitrogens with zero attached hydrogens (tertiary/aromatic N) is 2. The highest BCUT2D eigenvalue weighted by Gasteiger charge is 2.46. The number of likely N-dealkylation sites (tertiary alicyclic amines) is 1. The van der Waals surface area contributed by atoms with Gasteiger partial charge in [0.1, 0.15) is 6.10 Å². The van der Waals surface area contributed by atoms with E-state index in [1.165, 1.54) is 12.1 Å². The molecule has 102 valence electrons. The molecule has 4 nitrogen and oxygen atoms in total. The Bertz CT molecular complexity index is 466. The van der Waals surface area contributed by atoms with Crippen molar-refractivity contribution in [1.29, 1.82) is 0 Å². The molecule has 1 aromatic rings. The van der Waals surface area contributed by atoms with Crippen molar-refractivity contribution >= 4 is 6.41 Å². The molecular formula is C13H14F2N2O2. The molecule has 3 atom stereocenters. The van der Waals surface area contributed by atoms with Gasteiger partial charge in [-0.3, -0.25) is 4.79 Å². The normalized spacial score (nSPS) is 29.0. The minimum absolute atomic E-state index is 0.0751. The summed E-state index contributed by atoms with van der Waals surface area (Å²) in [5, 5.41) is 0. The van der Waals surface area contributed by atoms with Crippen LogP contribution in [0.25, 0.3) is 0 Å². The van der Waals surface area contributed by atoms with Crippen LogP contribution in [0, 0.1) is 5.92 Å². The monoisotopic (exact) mass is 268 g/mol. The van der Waals surface area contributed by atoms with Crippen LogP contribution in [0.4, 0.5) is 8.78 Å². The molecular weight excluding hydrogens is 254 g/mol. The highest BCUT2D eigenvalue weighted by atomic mass is 19.3. The summed E-state index contributed by atoms with van der Waals surface area (Å²) in [6.07, 6.45) is 1.24. The summed E-state index contributed by atoms with van der Waals surface area (Å²) in [6, 6.07) is 2.87. The number of fused-ring (bicyclic) bond motifs is 2. The van der Waals surface area contributed by atoms with Gasteiger partial charge in [-0.25, -0.2) is 13.8 Å². The van der Waals surface area contributed by atoms with Crippen molar-refractivity contribution < 1.29 is 18.3 Å². The first-order chi connectivity index (χ1) is 9.17. The van der Waals surface area contributed by atoms with Crippen LogP contribution in [-0.4, -0.2) is 35.0 Å². The quantitative estimate of drug-likeness (QED) is 0.785. The molecule has 2 bridgehead atoms. The lowest BCUT2D eigenvalue weighted by atomic mass is 10.1. The lowest BCUT2D eigenvalue weighted by Crippen LogP contribution is -2.43. The minimum Gasteiger partial charge on any atom is -0.472 e. The molecule has 1 aliphatic heterocycles. The van der Waals surface area contributed by atoms with Crippen LogP contribution in [0.15, 0.2) is 18.3 Å². The predicted octanol–water partition coefficient (Wildman–Crippen LogP) is 2.02. The summed E-state index contributed by atoms with van der Waals surface area (Å²) in [4.78, 5) is 16.5. The summed E-state index contributed by atoms with van der Waals surface area (Å²) in [7, 11) is 0. The van der Waals surface area contributed by atoms with E-state index in [1.54, 1.807) is 4.90 Å². The Kier molecular flexibility index (Phi) is 3.08. The minimum atomic E-state index is -2.52. The van der Waals surface area contributed by atoms with Gasteiger partial charge in [0.15, 0.2) is 0 Å². The van der Waals surface area contributed by atoms with Crippen LogP contribution in [0.1, 0.15) is 24.8 Å². The highest BCUT2D eigenvalue weighted by Crippen LogP contribution is 2.38. The standard InChI is InChI=1S/C13H14F2N2O2/c14-13(15)9-1-2-12(16-5-9)19-11-4-8-3-10(11)17(6-8)7-18/h1-2,5,7-8,10-11,13H,3-4,6H2/t8-,10+,11-/m1/s1. The lowest BCUT2D eigenvalue weighted by Gasteiger charge is -2.30. The number of carbonyl (C=O) groups excluding carboxylic acids is 1. The van der Waals surface area contributed by atoms with E-state index in [1.807, 2.05) is 0 Å². The second-order valence-corrected chi connectivity index (χ2v) is 5.09. The highest BCUT2D eigenvalue weighted by molar-refractivity contribution is 5.49. The first-order valence-electron chi connectivity index (χ1n) is 6.29. The molecule has 19 heavy (non-hydrogen) atoms.